The first kappa shape index (κ1) is 34.4. The highest BCUT2D eigenvalue weighted by Crippen LogP contribution is 2.32. The molecule has 2 aliphatic heterocycles. The molecule has 6 rings (SSSR count). The van der Waals surface area contributed by atoms with Gasteiger partial charge in [-0.05, 0) is 71.8 Å². The van der Waals surface area contributed by atoms with E-state index >= 15 is 0 Å². The van der Waals surface area contributed by atoms with Gasteiger partial charge in [0.15, 0.2) is 28.8 Å². The van der Waals surface area contributed by atoms with Crippen LogP contribution in [0.5, 0.6) is 23.0 Å². The minimum Gasteiger partial charge on any atom is -0.493 e. The van der Waals surface area contributed by atoms with Gasteiger partial charge in [0, 0.05) is 49.9 Å². The van der Waals surface area contributed by atoms with Crippen LogP contribution in [0, 0.1) is 11.6 Å². The van der Waals surface area contributed by atoms with E-state index in [1.54, 1.807) is 50.6 Å². The van der Waals surface area contributed by atoms with Crippen LogP contribution in [0.25, 0.3) is 0 Å². The number of carbonyl (C=O) groups excluding carboxylic acids is 1. The van der Waals surface area contributed by atoms with Crippen molar-refractivity contribution in [2.75, 3.05) is 41.5 Å². The summed E-state index contributed by atoms with van der Waals surface area (Å²) in [7, 11) is 6.31. The van der Waals surface area contributed by atoms with E-state index in [1.807, 2.05) is 48.5 Å². The Hall–Kier alpha value is -5.45. The number of carbonyl (C=O) groups is 1. The van der Waals surface area contributed by atoms with Gasteiger partial charge in [-0.1, -0.05) is 24.3 Å². The number of rotatable bonds is 14. The molecule has 260 valence electrons. The fourth-order valence-corrected chi connectivity index (χ4v) is 6.54. The van der Waals surface area contributed by atoms with Crippen molar-refractivity contribution in [3.05, 3.63) is 119 Å². The van der Waals surface area contributed by atoms with E-state index < -0.39 is 12.1 Å². The first-order valence-electron chi connectivity index (χ1n) is 16.5. The highest BCUT2D eigenvalue weighted by Gasteiger charge is 2.38. The van der Waals surface area contributed by atoms with Gasteiger partial charge in [0.05, 0.1) is 39.9 Å². The summed E-state index contributed by atoms with van der Waals surface area (Å²) in [5, 5.41) is 13.5. The molecule has 2 unspecified atom stereocenters. The predicted octanol–water partition coefficient (Wildman–Crippen LogP) is 6.31. The van der Waals surface area contributed by atoms with E-state index in [9.17, 15) is 13.6 Å². The summed E-state index contributed by atoms with van der Waals surface area (Å²) in [6.07, 6.45) is 1.61. The molecule has 0 spiro atoms. The maximum atomic E-state index is 15.0. The van der Waals surface area contributed by atoms with Gasteiger partial charge in [-0.2, -0.15) is 10.2 Å². The number of hydrogen-bond acceptors (Lipinski definition) is 9. The zero-order valence-corrected chi connectivity index (χ0v) is 28.6. The molecule has 4 aromatic rings. The molecule has 50 heavy (non-hydrogen) atoms. The summed E-state index contributed by atoms with van der Waals surface area (Å²) in [5.41, 5.74) is 4.61. The molecule has 0 saturated heterocycles. The number of nitrogens with zero attached hydrogens (tertiary/aromatic N) is 4. The molecule has 0 aromatic heterocycles. The fourth-order valence-electron chi connectivity index (χ4n) is 6.54. The molecule has 9 nitrogen and oxygen atoms in total. The lowest BCUT2D eigenvalue weighted by Gasteiger charge is -2.32. The molecular formula is C39H40F2N4O5. The summed E-state index contributed by atoms with van der Waals surface area (Å²) >= 11 is 0. The maximum absolute atomic E-state index is 15.0. The molecule has 0 fully saturated rings. The van der Waals surface area contributed by atoms with Crippen LogP contribution in [0.4, 0.5) is 8.78 Å². The van der Waals surface area contributed by atoms with Crippen molar-refractivity contribution in [3.8, 4) is 23.0 Å². The topological polar surface area (TPSA) is 85.2 Å². The second-order valence-corrected chi connectivity index (χ2v) is 12.2. The Bertz CT molecular complexity index is 1780. The van der Waals surface area contributed by atoms with Gasteiger partial charge in [-0.15, -0.1) is 0 Å². The van der Waals surface area contributed by atoms with Crippen LogP contribution >= 0.6 is 0 Å². The monoisotopic (exact) mass is 682 g/mol. The maximum Gasteiger partial charge on any atom is 0.181 e. The zero-order chi connectivity index (χ0) is 35.2. The smallest absolute Gasteiger partial charge is 0.181 e. The standard InChI is InChI=1S/C39H40F2N4O5/c1-47-35-13-11-27(23-37(35)49-3)31-15-17-44(42-31)33(21-25-7-5-9-29(40)19-25)39(46)34(22-26-8-6-10-30(41)20-26)45-18-16-32(43-45)28-12-14-36(48-2)38(24-28)50-4/h5-14,19-20,23-24,33-34H,15-18,21-22H2,1-4H3. The lowest BCUT2D eigenvalue weighted by Crippen LogP contribution is -2.49. The molecule has 2 aliphatic rings. The predicted molar refractivity (Wildman–Crippen MR) is 188 cm³/mol. The Labute approximate surface area is 290 Å². The first-order chi connectivity index (χ1) is 24.3. The molecule has 2 heterocycles. The molecule has 0 saturated carbocycles. The van der Waals surface area contributed by atoms with Crippen molar-refractivity contribution < 1.29 is 32.5 Å². The van der Waals surface area contributed by atoms with Gasteiger partial charge < -0.3 is 18.9 Å². The average Bonchev–Trinajstić information content (AvgIpc) is 3.83. The Kier molecular flexibility index (Phi) is 10.6. The molecular weight excluding hydrogens is 642 g/mol. The van der Waals surface area contributed by atoms with Gasteiger partial charge in [0.1, 0.15) is 23.7 Å². The molecule has 2 atom stereocenters. The lowest BCUT2D eigenvalue weighted by molar-refractivity contribution is -0.129. The molecule has 0 radical (unpaired) electrons. The van der Waals surface area contributed by atoms with E-state index in [4.69, 9.17) is 29.2 Å². The highest BCUT2D eigenvalue weighted by atomic mass is 19.1. The van der Waals surface area contributed by atoms with Crippen LogP contribution in [0.2, 0.25) is 0 Å². The highest BCUT2D eigenvalue weighted by molar-refractivity contribution is 6.03. The molecule has 0 bridgehead atoms. The average molecular weight is 683 g/mol. The van der Waals surface area contributed by atoms with E-state index in [2.05, 4.69) is 0 Å². The van der Waals surface area contributed by atoms with E-state index in [0.29, 0.717) is 60.1 Å². The van der Waals surface area contributed by atoms with E-state index in [1.165, 1.54) is 24.3 Å². The Morgan fingerprint density at radius 3 is 1.42 bits per heavy atom. The van der Waals surface area contributed by atoms with Crippen LogP contribution in [-0.2, 0) is 17.6 Å². The van der Waals surface area contributed by atoms with Gasteiger partial charge in [-0.25, -0.2) is 8.78 Å². The number of hydrazone groups is 2. The van der Waals surface area contributed by atoms with Crippen molar-refractivity contribution in [1.82, 2.24) is 10.0 Å². The van der Waals surface area contributed by atoms with Gasteiger partial charge in [-0.3, -0.25) is 14.8 Å². The fraction of sp³-hybridized carbons (Fsp3) is 0.308. The molecule has 0 aliphatic carbocycles. The van der Waals surface area contributed by atoms with Crippen LogP contribution < -0.4 is 18.9 Å². The van der Waals surface area contributed by atoms with Crippen LogP contribution in [-0.4, -0.2) is 80.8 Å². The Balaban J connectivity index is 1.37. The van der Waals surface area contributed by atoms with Crippen molar-refractivity contribution in [2.45, 2.75) is 37.8 Å². The number of ketones is 1. The van der Waals surface area contributed by atoms with Crippen LogP contribution in [0.3, 0.4) is 0 Å². The number of methoxy groups -OCH3 is 4. The quantitative estimate of drug-likeness (QED) is 0.154. The number of hydrogen-bond donors (Lipinski definition) is 0. The van der Waals surface area contributed by atoms with Gasteiger partial charge >= 0.3 is 0 Å². The third-order valence-electron chi connectivity index (χ3n) is 9.10. The number of benzene rings is 4. The summed E-state index contributed by atoms with van der Waals surface area (Å²) in [5.74, 6) is 1.44. The molecule has 0 amide bonds. The third-order valence-corrected chi connectivity index (χ3v) is 9.10. The zero-order valence-electron chi connectivity index (χ0n) is 28.6. The molecule has 4 aromatic carbocycles. The normalized spacial score (nSPS) is 15.3. The van der Waals surface area contributed by atoms with Crippen molar-refractivity contribution in [1.29, 1.82) is 0 Å². The molecule has 0 N–H and O–H groups in total. The summed E-state index contributed by atoms with van der Waals surface area (Å²) in [6, 6.07) is 22.2. The number of Topliss-reactive ketones (excluding diaryl/α,β-unsaturated/α-hetero) is 1. The minimum absolute atomic E-state index is 0.145. The second kappa shape index (κ2) is 15.4. The summed E-state index contributed by atoms with van der Waals surface area (Å²) < 4.78 is 50.7. The Morgan fingerprint density at radius 2 is 1.04 bits per heavy atom. The van der Waals surface area contributed by atoms with Gasteiger partial charge in [0.2, 0.25) is 0 Å². The second-order valence-electron chi connectivity index (χ2n) is 12.2. The third kappa shape index (κ3) is 7.56. The van der Waals surface area contributed by atoms with E-state index in [0.717, 1.165) is 22.6 Å². The number of ether oxygens (including phenoxy) is 4. The summed E-state index contributed by atoms with van der Waals surface area (Å²) in [4.78, 5) is 15.0. The lowest BCUT2D eigenvalue weighted by atomic mass is 9.93. The van der Waals surface area contributed by atoms with Crippen molar-refractivity contribution >= 4 is 17.2 Å². The SMILES string of the molecule is COc1ccc(C2=NN(C(Cc3cccc(F)c3)C(=O)C(Cc3cccc(F)c3)N3CCC(c4ccc(OC)c(OC)c4)=N3)CC2)cc1OC. The first-order valence-corrected chi connectivity index (χ1v) is 16.5. The van der Waals surface area contributed by atoms with Crippen molar-refractivity contribution in [3.63, 3.8) is 0 Å². The largest absolute Gasteiger partial charge is 0.493 e. The minimum atomic E-state index is -0.756. The number of halogens is 2. The van der Waals surface area contributed by atoms with Crippen LogP contribution in [0.15, 0.2) is 95.1 Å². The van der Waals surface area contributed by atoms with E-state index in [-0.39, 0.29) is 30.3 Å². The van der Waals surface area contributed by atoms with Gasteiger partial charge in [0.25, 0.3) is 0 Å². The Morgan fingerprint density at radius 1 is 0.620 bits per heavy atom. The molecule has 11 heteroatoms. The summed E-state index contributed by atoms with van der Waals surface area (Å²) in [6.45, 7) is 0.949. The van der Waals surface area contributed by atoms with Crippen molar-refractivity contribution in [2.24, 2.45) is 10.2 Å². The van der Waals surface area contributed by atoms with Crippen LogP contribution in [0.1, 0.15) is 35.1 Å².